The lowest BCUT2D eigenvalue weighted by molar-refractivity contribution is 1.20. The number of alkyl halides is 1. The maximum absolute atomic E-state index is 3.85. The van der Waals surface area contributed by atoms with Crippen LogP contribution in [0.5, 0.6) is 0 Å². The molecule has 9 heavy (non-hydrogen) atoms. The van der Waals surface area contributed by atoms with E-state index >= 15 is 0 Å². The summed E-state index contributed by atoms with van der Waals surface area (Å²) in [7, 11) is 0. The lowest BCUT2D eigenvalue weighted by Crippen LogP contribution is -1.84. The fourth-order valence-corrected chi connectivity index (χ4v) is 1.19. The van der Waals surface area contributed by atoms with Gasteiger partial charge in [0.25, 0.3) is 0 Å². The van der Waals surface area contributed by atoms with Crippen molar-refractivity contribution in [3.8, 4) is 0 Å². The zero-order valence-corrected chi connectivity index (χ0v) is 6.77. The molecule has 0 fully saturated rings. The summed E-state index contributed by atoms with van der Waals surface area (Å²) in [6.07, 6.45) is 4.59. The van der Waals surface area contributed by atoms with Gasteiger partial charge in [0, 0.05) is 11.5 Å². The van der Waals surface area contributed by atoms with E-state index in [9.17, 15) is 0 Å². The van der Waals surface area contributed by atoms with Gasteiger partial charge in [0.15, 0.2) is 0 Å². The molecule has 0 amide bonds. The highest BCUT2D eigenvalue weighted by atomic mass is 79.9. The van der Waals surface area contributed by atoms with Crippen molar-refractivity contribution in [3.63, 3.8) is 0 Å². The lowest BCUT2D eigenvalue weighted by atomic mass is 10.2. The number of pyridine rings is 1. The van der Waals surface area contributed by atoms with Gasteiger partial charge in [-0.25, -0.2) is 0 Å². The molecule has 0 aromatic carbocycles. The van der Waals surface area contributed by atoms with E-state index < -0.39 is 0 Å². The number of rotatable bonds is 1. The summed E-state index contributed by atoms with van der Waals surface area (Å²) in [6, 6.07) is 1.89. The van der Waals surface area contributed by atoms with Crippen LogP contribution in [0.3, 0.4) is 0 Å². The molecule has 1 heterocycles. The van der Waals surface area contributed by atoms with Gasteiger partial charge in [-0.1, -0.05) is 15.9 Å². The predicted octanol–water partition coefficient (Wildman–Crippen LogP) is 2.09. The maximum Gasteiger partial charge on any atom is 0.0889 e. The van der Waals surface area contributed by atoms with E-state index in [2.05, 4.69) is 27.1 Å². The molecule has 1 aromatic heterocycles. The van der Waals surface area contributed by atoms with Crippen LogP contribution in [0.2, 0.25) is 0 Å². The monoisotopic (exact) mass is 184 g/mol. The summed E-state index contributed by atoms with van der Waals surface area (Å²) in [5.41, 5.74) is 2.47. The number of halogens is 1. The topological polar surface area (TPSA) is 12.9 Å². The highest BCUT2D eigenvalue weighted by Crippen LogP contribution is 2.07. The molecule has 0 aliphatic carbocycles. The molecule has 1 aromatic rings. The highest BCUT2D eigenvalue weighted by Gasteiger charge is 1.91. The molecule has 0 bridgehead atoms. The number of hydrogen-bond donors (Lipinski definition) is 0. The maximum atomic E-state index is 3.85. The van der Waals surface area contributed by atoms with Crippen molar-refractivity contribution in [1.82, 2.24) is 4.98 Å². The van der Waals surface area contributed by atoms with Crippen LogP contribution >= 0.6 is 15.9 Å². The molecule has 0 saturated carbocycles. The van der Waals surface area contributed by atoms with E-state index in [0.29, 0.717) is 0 Å². The van der Waals surface area contributed by atoms with Crippen LogP contribution in [0.25, 0.3) is 0 Å². The average Bonchev–Trinajstić information content (AvgIpc) is 1.89. The summed E-state index contributed by atoms with van der Waals surface area (Å²) < 4.78 is 0. The van der Waals surface area contributed by atoms with Gasteiger partial charge in [-0.05, 0) is 24.1 Å². The van der Waals surface area contributed by atoms with Crippen LogP contribution in [0.15, 0.2) is 12.3 Å². The Balaban J connectivity index is 3.01. The Bertz CT molecular complexity index is 198. The van der Waals surface area contributed by atoms with Crippen molar-refractivity contribution < 1.29 is 0 Å². The third-order valence-corrected chi connectivity index (χ3v) is 1.83. The Morgan fingerprint density at radius 2 is 2.56 bits per heavy atom. The summed E-state index contributed by atoms with van der Waals surface area (Å²) >= 11 is 3.36. The van der Waals surface area contributed by atoms with E-state index in [1.54, 1.807) is 0 Å². The predicted molar refractivity (Wildman–Crippen MR) is 40.4 cm³/mol. The zero-order valence-electron chi connectivity index (χ0n) is 5.19. The molecule has 1 nitrogen and oxygen atoms in total. The minimum atomic E-state index is 0.887. The van der Waals surface area contributed by atoms with Crippen molar-refractivity contribution >= 4 is 15.9 Å². The molecular formula is C7H7BrN. The standard InChI is InChI=1S/C7H7BrN/c1-6-5-9-3-2-7(6)4-8/h2,5H,4H2,1H3. The fourth-order valence-electron chi connectivity index (χ4n) is 0.590. The second kappa shape index (κ2) is 2.97. The Morgan fingerprint density at radius 1 is 1.78 bits per heavy atom. The molecule has 0 aliphatic rings. The third kappa shape index (κ3) is 1.52. The molecule has 0 N–H and O–H groups in total. The first-order chi connectivity index (χ1) is 4.34. The SMILES string of the molecule is Cc1cn[c]cc1CBr. The van der Waals surface area contributed by atoms with Crippen LogP contribution in [0.1, 0.15) is 11.1 Å². The van der Waals surface area contributed by atoms with Gasteiger partial charge >= 0.3 is 0 Å². The first kappa shape index (κ1) is 6.75. The van der Waals surface area contributed by atoms with Crippen LogP contribution < -0.4 is 0 Å². The number of nitrogens with zero attached hydrogens (tertiary/aromatic N) is 1. The minimum absolute atomic E-state index is 0.887. The van der Waals surface area contributed by atoms with Gasteiger partial charge in [-0.3, -0.25) is 4.98 Å². The molecule has 0 saturated heterocycles. The van der Waals surface area contributed by atoms with Gasteiger partial charge in [-0.15, -0.1) is 0 Å². The third-order valence-electron chi connectivity index (χ3n) is 1.22. The van der Waals surface area contributed by atoms with E-state index in [0.717, 1.165) is 5.33 Å². The van der Waals surface area contributed by atoms with Crippen LogP contribution in [-0.4, -0.2) is 4.98 Å². The average molecular weight is 185 g/mol. The quantitative estimate of drug-likeness (QED) is 0.610. The molecule has 0 spiro atoms. The van der Waals surface area contributed by atoms with Crippen molar-refractivity contribution in [2.24, 2.45) is 0 Å². The van der Waals surface area contributed by atoms with Gasteiger partial charge < -0.3 is 0 Å². The molecule has 0 atom stereocenters. The normalized spacial score (nSPS) is 9.56. The van der Waals surface area contributed by atoms with Crippen molar-refractivity contribution in [2.75, 3.05) is 0 Å². The number of aryl methyl sites for hydroxylation is 1. The van der Waals surface area contributed by atoms with Crippen molar-refractivity contribution in [3.05, 3.63) is 29.6 Å². The first-order valence-corrected chi connectivity index (χ1v) is 3.84. The van der Waals surface area contributed by atoms with Crippen LogP contribution in [0, 0.1) is 13.1 Å². The van der Waals surface area contributed by atoms with Gasteiger partial charge in [0.1, 0.15) is 0 Å². The summed E-state index contributed by atoms with van der Waals surface area (Å²) in [6.45, 7) is 2.04. The van der Waals surface area contributed by atoms with E-state index in [4.69, 9.17) is 0 Å². The zero-order chi connectivity index (χ0) is 6.69. The summed E-state index contributed by atoms with van der Waals surface area (Å²) in [5.74, 6) is 0. The smallest absolute Gasteiger partial charge is 0.0889 e. The fraction of sp³-hybridized carbons (Fsp3) is 0.286. The molecule has 0 aliphatic heterocycles. The van der Waals surface area contributed by atoms with Crippen molar-refractivity contribution in [1.29, 1.82) is 0 Å². The van der Waals surface area contributed by atoms with E-state index in [1.165, 1.54) is 11.1 Å². The molecule has 1 rings (SSSR count). The van der Waals surface area contributed by atoms with E-state index in [-0.39, 0.29) is 0 Å². The van der Waals surface area contributed by atoms with Gasteiger partial charge in [0.05, 0.1) is 6.20 Å². The minimum Gasteiger partial charge on any atom is -0.254 e. The Kier molecular flexibility index (Phi) is 2.22. The molecular weight excluding hydrogens is 178 g/mol. The lowest BCUT2D eigenvalue weighted by Gasteiger charge is -1.96. The number of hydrogen-bond acceptors (Lipinski definition) is 1. The second-order valence-corrected chi connectivity index (χ2v) is 2.43. The summed E-state index contributed by atoms with van der Waals surface area (Å²) in [5, 5.41) is 0.887. The van der Waals surface area contributed by atoms with Crippen LogP contribution in [0.4, 0.5) is 0 Å². The largest absolute Gasteiger partial charge is 0.254 e. The van der Waals surface area contributed by atoms with Gasteiger partial charge in [0.2, 0.25) is 0 Å². The molecule has 1 radical (unpaired) electrons. The van der Waals surface area contributed by atoms with Crippen LogP contribution in [-0.2, 0) is 5.33 Å². The first-order valence-electron chi connectivity index (χ1n) is 2.72. The van der Waals surface area contributed by atoms with E-state index in [1.807, 2.05) is 19.2 Å². The molecule has 2 heteroatoms. The summed E-state index contributed by atoms with van der Waals surface area (Å²) in [4.78, 5) is 3.85. The highest BCUT2D eigenvalue weighted by molar-refractivity contribution is 9.08. The number of aromatic nitrogens is 1. The molecule has 47 valence electrons. The van der Waals surface area contributed by atoms with Crippen molar-refractivity contribution in [2.45, 2.75) is 12.3 Å². The Hall–Kier alpha value is -0.370. The molecule has 0 unspecified atom stereocenters. The Morgan fingerprint density at radius 3 is 3.00 bits per heavy atom. The van der Waals surface area contributed by atoms with Gasteiger partial charge in [-0.2, -0.15) is 0 Å². The second-order valence-electron chi connectivity index (χ2n) is 1.87. The Labute approximate surface area is 63.2 Å².